The molecule has 90 valence electrons. The minimum absolute atomic E-state index is 0.178. The summed E-state index contributed by atoms with van der Waals surface area (Å²) in [4.78, 5) is 25.4. The molecule has 0 atom stereocenters. The predicted molar refractivity (Wildman–Crippen MR) is 71.5 cm³/mol. The van der Waals surface area contributed by atoms with Crippen molar-refractivity contribution in [2.24, 2.45) is 0 Å². The van der Waals surface area contributed by atoms with Crippen molar-refractivity contribution < 1.29 is 0 Å². The first-order valence-electron chi connectivity index (χ1n) is 4.93. The summed E-state index contributed by atoms with van der Waals surface area (Å²) >= 11 is 4.84. The van der Waals surface area contributed by atoms with E-state index in [9.17, 15) is 4.79 Å². The zero-order chi connectivity index (χ0) is 12.4. The summed E-state index contributed by atoms with van der Waals surface area (Å²) in [6, 6.07) is 0. The number of aromatic nitrogens is 3. The Morgan fingerprint density at radius 1 is 1.53 bits per heavy atom. The molecule has 2 aromatic heterocycles. The van der Waals surface area contributed by atoms with Gasteiger partial charge in [-0.15, -0.1) is 11.3 Å². The second-order valence-electron chi connectivity index (χ2n) is 3.59. The lowest BCUT2D eigenvalue weighted by Crippen LogP contribution is -2.21. The molecule has 2 rings (SSSR count). The minimum atomic E-state index is -0.178. The Bertz CT molecular complexity index is 580. The molecular weight excluding hydrogens is 304 g/mol. The fourth-order valence-corrected chi connectivity index (χ4v) is 2.76. The molecule has 0 fully saturated rings. The standard InChI is InChI=1S/C10H11BrN4OS/c1-6-7(17-5-14-6)3-15(2)9-8(11)10(16)13-4-12-9/h4-5H,3H2,1-2H3,(H,12,13,16). The highest BCUT2D eigenvalue weighted by Crippen LogP contribution is 2.21. The molecule has 0 aromatic carbocycles. The van der Waals surface area contributed by atoms with Gasteiger partial charge in [0.05, 0.1) is 24.1 Å². The van der Waals surface area contributed by atoms with Crippen molar-refractivity contribution in [3.05, 3.63) is 37.2 Å². The van der Waals surface area contributed by atoms with Crippen LogP contribution in [0.2, 0.25) is 0 Å². The number of nitrogens with one attached hydrogen (secondary N) is 1. The lowest BCUT2D eigenvalue weighted by Gasteiger charge is -2.18. The highest BCUT2D eigenvalue weighted by atomic mass is 79.9. The number of rotatable bonds is 3. The molecule has 2 heterocycles. The zero-order valence-electron chi connectivity index (χ0n) is 9.40. The molecule has 1 N–H and O–H groups in total. The number of aromatic amines is 1. The highest BCUT2D eigenvalue weighted by Gasteiger charge is 2.12. The second kappa shape index (κ2) is 4.97. The fourth-order valence-electron chi connectivity index (χ4n) is 1.41. The Hall–Kier alpha value is -1.21. The van der Waals surface area contributed by atoms with E-state index in [1.165, 1.54) is 11.2 Å². The minimum Gasteiger partial charge on any atom is -0.353 e. The van der Waals surface area contributed by atoms with Crippen LogP contribution >= 0.6 is 27.3 Å². The van der Waals surface area contributed by atoms with E-state index in [1.807, 2.05) is 24.4 Å². The number of halogens is 1. The zero-order valence-corrected chi connectivity index (χ0v) is 11.8. The fraction of sp³-hybridized carbons (Fsp3) is 0.300. The third-order valence-corrected chi connectivity index (χ3v) is 4.00. The first-order valence-corrected chi connectivity index (χ1v) is 6.60. The van der Waals surface area contributed by atoms with Crippen molar-refractivity contribution in [2.45, 2.75) is 13.5 Å². The van der Waals surface area contributed by atoms with E-state index in [1.54, 1.807) is 11.3 Å². The number of anilines is 1. The summed E-state index contributed by atoms with van der Waals surface area (Å²) in [7, 11) is 1.89. The van der Waals surface area contributed by atoms with Crippen LogP contribution in [0.1, 0.15) is 10.6 Å². The average Bonchev–Trinajstić information content (AvgIpc) is 2.68. The van der Waals surface area contributed by atoms with E-state index in [0.29, 0.717) is 16.8 Å². The molecule has 0 aliphatic heterocycles. The molecule has 0 saturated carbocycles. The maximum atomic E-state index is 11.4. The van der Waals surface area contributed by atoms with Crippen LogP contribution in [0.5, 0.6) is 0 Å². The monoisotopic (exact) mass is 314 g/mol. The predicted octanol–water partition coefficient (Wildman–Crippen LogP) is 1.93. The van der Waals surface area contributed by atoms with Crippen molar-refractivity contribution in [3.8, 4) is 0 Å². The SMILES string of the molecule is Cc1ncsc1CN(C)c1nc[nH]c(=O)c1Br. The van der Waals surface area contributed by atoms with Crippen LogP contribution in [-0.2, 0) is 6.54 Å². The highest BCUT2D eigenvalue weighted by molar-refractivity contribution is 9.10. The Labute approximate surface area is 111 Å². The number of nitrogens with zero attached hydrogens (tertiary/aromatic N) is 3. The quantitative estimate of drug-likeness (QED) is 0.940. The largest absolute Gasteiger partial charge is 0.353 e. The van der Waals surface area contributed by atoms with Gasteiger partial charge < -0.3 is 9.88 Å². The summed E-state index contributed by atoms with van der Waals surface area (Å²) in [5.74, 6) is 0.626. The van der Waals surface area contributed by atoms with Gasteiger partial charge in [0.1, 0.15) is 10.3 Å². The van der Waals surface area contributed by atoms with Crippen molar-refractivity contribution in [2.75, 3.05) is 11.9 Å². The van der Waals surface area contributed by atoms with Gasteiger partial charge in [0.2, 0.25) is 0 Å². The van der Waals surface area contributed by atoms with Crippen molar-refractivity contribution in [1.82, 2.24) is 15.0 Å². The van der Waals surface area contributed by atoms with E-state index in [4.69, 9.17) is 0 Å². The molecule has 7 heteroatoms. The molecule has 0 spiro atoms. The van der Waals surface area contributed by atoms with E-state index in [0.717, 1.165) is 5.69 Å². The second-order valence-corrected chi connectivity index (χ2v) is 5.32. The lowest BCUT2D eigenvalue weighted by molar-refractivity contribution is 0.884. The van der Waals surface area contributed by atoms with Gasteiger partial charge in [0.25, 0.3) is 5.56 Å². The maximum absolute atomic E-state index is 11.4. The maximum Gasteiger partial charge on any atom is 0.267 e. The molecule has 2 aromatic rings. The Balaban J connectivity index is 2.26. The topological polar surface area (TPSA) is 61.9 Å². The Morgan fingerprint density at radius 2 is 2.29 bits per heavy atom. The number of aryl methyl sites for hydroxylation is 1. The van der Waals surface area contributed by atoms with Crippen LogP contribution in [0.25, 0.3) is 0 Å². The van der Waals surface area contributed by atoms with E-state index >= 15 is 0 Å². The third kappa shape index (κ3) is 2.55. The number of H-pyrrole nitrogens is 1. The number of hydrogen-bond acceptors (Lipinski definition) is 5. The Morgan fingerprint density at radius 3 is 2.94 bits per heavy atom. The molecule has 5 nitrogen and oxygen atoms in total. The van der Waals surface area contributed by atoms with Crippen LogP contribution in [0, 0.1) is 6.92 Å². The van der Waals surface area contributed by atoms with Gasteiger partial charge in [-0.05, 0) is 22.9 Å². The molecule has 0 bridgehead atoms. The molecule has 0 amide bonds. The van der Waals surface area contributed by atoms with Crippen LogP contribution in [0.3, 0.4) is 0 Å². The normalized spacial score (nSPS) is 10.5. The molecule has 0 radical (unpaired) electrons. The molecule has 0 saturated heterocycles. The van der Waals surface area contributed by atoms with Crippen LogP contribution in [-0.4, -0.2) is 22.0 Å². The van der Waals surface area contributed by atoms with E-state index < -0.39 is 0 Å². The van der Waals surface area contributed by atoms with Gasteiger partial charge in [-0.1, -0.05) is 0 Å². The van der Waals surface area contributed by atoms with Crippen molar-refractivity contribution in [1.29, 1.82) is 0 Å². The van der Waals surface area contributed by atoms with Gasteiger partial charge in [0, 0.05) is 11.9 Å². The smallest absolute Gasteiger partial charge is 0.267 e. The van der Waals surface area contributed by atoms with Gasteiger partial charge in [-0.25, -0.2) is 9.97 Å². The Kier molecular flexibility index (Phi) is 3.58. The van der Waals surface area contributed by atoms with E-state index in [-0.39, 0.29) is 5.56 Å². The first kappa shape index (κ1) is 12.3. The summed E-state index contributed by atoms with van der Waals surface area (Å²) in [5, 5.41) is 0. The van der Waals surface area contributed by atoms with Gasteiger partial charge >= 0.3 is 0 Å². The van der Waals surface area contributed by atoms with Gasteiger partial charge in [-0.3, -0.25) is 4.79 Å². The summed E-state index contributed by atoms with van der Waals surface area (Å²) in [6.45, 7) is 2.66. The van der Waals surface area contributed by atoms with Gasteiger partial charge in [-0.2, -0.15) is 0 Å². The number of thiazole rings is 1. The molecule has 0 aliphatic carbocycles. The van der Waals surface area contributed by atoms with Crippen LogP contribution in [0.4, 0.5) is 5.82 Å². The number of hydrogen-bond donors (Lipinski definition) is 1. The third-order valence-electron chi connectivity index (χ3n) is 2.37. The molecule has 0 aliphatic rings. The average molecular weight is 315 g/mol. The molecule has 17 heavy (non-hydrogen) atoms. The van der Waals surface area contributed by atoms with Crippen LogP contribution < -0.4 is 10.5 Å². The summed E-state index contributed by atoms with van der Waals surface area (Å²) in [5.41, 5.74) is 2.66. The summed E-state index contributed by atoms with van der Waals surface area (Å²) in [6.07, 6.45) is 1.40. The molecule has 0 unspecified atom stereocenters. The molecular formula is C10H11BrN4OS. The summed E-state index contributed by atoms with van der Waals surface area (Å²) < 4.78 is 0.449. The lowest BCUT2D eigenvalue weighted by atomic mass is 10.3. The van der Waals surface area contributed by atoms with E-state index in [2.05, 4.69) is 30.9 Å². The van der Waals surface area contributed by atoms with Gasteiger partial charge in [0.15, 0.2) is 0 Å². The van der Waals surface area contributed by atoms with Crippen molar-refractivity contribution >= 4 is 33.1 Å². The van der Waals surface area contributed by atoms with Crippen molar-refractivity contribution in [3.63, 3.8) is 0 Å². The first-order chi connectivity index (χ1) is 8.09. The van der Waals surface area contributed by atoms with Crippen LogP contribution in [0.15, 0.2) is 21.1 Å².